The number of hydrogen-bond donors (Lipinski definition) is 1. The van der Waals surface area contributed by atoms with Gasteiger partial charge < -0.3 is 5.32 Å². The normalized spacial score (nSPS) is 16.9. The van der Waals surface area contributed by atoms with E-state index in [2.05, 4.69) is 11.9 Å². The molecule has 1 aliphatic heterocycles. The Morgan fingerprint density at radius 1 is 1.39 bits per heavy atom. The SMILES string of the molecule is C=CCNC(=O)C1CCN(S(=O)(=O)Cc2cccc(C)c2)CC1. The first-order valence-electron chi connectivity index (χ1n) is 7.84. The molecule has 0 aliphatic carbocycles. The van der Waals surface area contributed by atoms with Crippen molar-refractivity contribution in [1.82, 2.24) is 9.62 Å². The van der Waals surface area contributed by atoms with E-state index >= 15 is 0 Å². The van der Waals surface area contributed by atoms with Crippen LogP contribution < -0.4 is 5.32 Å². The van der Waals surface area contributed by atoms with Crippen molar-refractivity contribution < 1.29 is 13.2 Å². The number of carbonyl (C=O) groups excluding carboxylic acids is 1. The summed E-state index contributed by atoms with van der Waals surface area (Å²) in [5, 5.41) is 2.78. The maximum absolute atomic E-state index is 12.5. The average molecular weight is 336 g/mol. The lowest BCUT2D eigenvalue weighted by Gasteiger charge is -2.30. The van der Waals surface area contributed by atoms with Crippen molar-refractivity contribution in [3.05, 3.63) is 48.0 Å². The minimum atomic E-state index is -3.33. The van der Waals surface area contributed by atoms with E-state index in [1.807, 2.05) is 31.2 Å². The van der Waals surface area contributed by atoms with Gasteiger partial charge in [-0.3, -0.25) is 4.79 Å². The summed E-state index contributed by atoms with van der Waals surface area (Å²) in [5.74, 6) is -0.108. The van der Waals surface area contributed by atoms with Crippen molar-refractivity contribution >= 4 is 15.9 Å². The Labute approximate surface area is 138 Å². The average Bonchev–Trinajstić information content (AvgIpc) is 2.52. The fourth-order valence-corrected chi connectivity index (χ4v) is 4.37. The lowest BCUT2D eigenvalue weighted by Crippen LogP contribution is -2.43. The van der Waals surface area contributed by atoms with Gasteiger partial charge in [-0.2, -0.15) is 0 Å². The van der Waals surface area contributed by atoms with Crippen LogP contribution in [0, 0.1) is 12.8 Å². The molecule has 0 unspecified atom stereocenters. The van der Waals surface area contributed by atoms with Gasteiger partial charge in [-0.15, -0.1) is 6.58 Å². The van der Waals surface area contributed by atoms with Crippen LogP contribution in [0.3, 0.4) is 0 Å². The topological polar surface area (TPSA) is 66.5 Å². The Morgan fingerprint density at radius 3 is 2.70 bits per heavy atom. The first kappa shape index (κ1) is 17.7. The van der Waals surface area contributed by atoms with Crippen LogP contribution in [-0.2, 0) is 20.6 Å². The molecule has 1 saturated heterocycles. The molecule has 1 heterocycles. The quantitative estimate of drug-likeness (QED) is 0.806. The summed E-state index contributed by atoms with van der Waals surface area (Å²) < 4.78 is 26.6. The molecule has 1 fully saturated rings. The van der Waals surface area contributed by atoms with Crippen LogP contribution in [0.25, 0.3) is 0 Å². The largest absolute Gasteiger partial charge is 0.352 e. The first-order valence-corrected chi connectivity index (χ1v) is 9.45. The van der Waals surface area contributed by atoms with Gasteiger partial charge in [0.2, 0.25) is 15.9 Å². The van der Waals surface area contributed by atoms with E-state index in [-0.39, 0.29) is 17.6 Å². The van der Waals surface area contributed by atoms with Crippen LogP contribution in [0.4, 0.5) is 0 Å². The van der Waals surface area contributed by atoms with Crippen LogP contribution >= 0.6 is 0 Å². The molecule has 2 rings (SSSR count). The van der Waals surface area contributed by atoms with Gasteiger partial charge in [0.05, 0.1) is 5.75 Å². The predicted octanol–water partition coefficient (Wildman–Crippen LogP) is 1.84. The molecule has 5 nitrogen and oxygen atoms in total. The van der Waals surface area contributed by atoms with E-state index < -0.39 is 10.0 Å². The van der Waals surface area contributed by atoms with E-state index in [9.17, 15) is 13.2 Å². The second kappa shape index (κ2) is 7.75. The Morgan fingerprint density at radius 2 is 2.09 bits per heavy atom. The van der Waals surface area contributed by atoms with Gasteiger partial charge in [-0.05, 0) is 25.3 Å². The van der Waals surface area contributed by atoms with Crippen LogP contribution in [0.15, 0.2) is 36.9 Å². The van der Waals surface area contributed by atoms with Crippen LogP contribution in [-0.4, -0.2) is 38.3 Å². The molecule has 0 spiro atoms. The molecule has 126 valence electrons. The summed E-state index contributed by atoms with van der Waals surface area (Å²) in [7, 11) is -3.33. The number of nitrogens with one attached hydrogen (secondary N) is 1. The molecule has 1 aromatic carbocycles. The number of nitrogens with zero attached hydrogens (tertiary/aromatic N) is 1. The highest BCUT2D eigenvalue weighted by Gasteiger charge is 2.30. The maximum atomic E-state index is 12.5. The molecular weight excluding hydrogens is 312 g/mol. The summed E-state index contributed by atoms with van der Waals surface area (Å²) in [5.41, 5.74) is 1.85. The molecule has 1 aliphatic rings. The van der Waals surface area contributed by atoms with Crippen LogP contribution in [0.5, 0.6) is 0 Å². The zero-order chi connectivity index (χ0) is 16.9. The minimum Gasteiger partial charge on any atom is -0.352 e. The number of hydrogen-bond acceptors (Lipinski definition) is 3. The Bertz CT molecular complexity index is 662. The second-order valence-corrected chi connectivity index (χ2v) is 7.92. The van der Waals surface area contributed by atoms with Gasteiger partial charge in [0.15, 0.2) is 0 Å². The number of sulfonamides is 1. The number of benzene rings is 1. The first-order chi connectivity index (χ1) is 10.9. The predicted molar refractivity (Wildman–Crippen MR) is 91.3 cm³/mol. The van der Waals surface area contributed by atoms with Crippen molar-refractivity contribution in [3.63, 3.8) is 0 Å². The summed E-state index contributed by atoms with van der Waals surface area (Å²) >= 11 is 0. The maximum Gasteiger partial charge on any atom is 0.223 e. The van der Waals surface area contributed by atoms with Gasteiger partial charge in [-0.1, -0.05) is 35.9 Å². The summed E-state index contributed by atoms with van der Waals surface area (Å²) in [4.78, 5) is 11.9. The second-order valence-electron chi connectivity index (χ2n) is 5.95. The zero-order valence-corrected chi connectivity index (χ0v) is 14.3. The van der Waals surface area contributed by atoms with Crippen molar-refractivity contribution in [2.45, 2.75) is 25.5 Å². The molecule has 23 heavy (non-hydrogen) atoms. The number of amides is 1. The van der Waals surface area contributed by atoms with E-state index in [0.29, 0.717) is 32.5 Å². The van der Waals surface area contributed by atoms with Gasteiger partial charge in [0.1, 0.15) is 0 Å². The fraction of sp³-hybridized carbons (Fsp3) is 0.471. The lowest BCUT2D eigenvalue weighted by atomic mass is 9.97. The van der Waals surface area contributed by atoms with Gasteiger partial charge >= 0.3 is 0 Å². The number of piperidine rings is 1. The number of aryl methyl sites for hydroxylation is 1. The molecule has 0 saturated carbocycles. The summed E-state index contributed by atoms with van der Waals surface area (Å²) in [6, 6.07) is 7.55. The number of carbonyl (C=O) groups is 1. The molecule has 0 aromatic heterocycles. The molecular formula is C17H24N2O3S. The third-order valence-electron chi connectivity index (χ3n) is 4.07. The van der Waals surface area contributed by atoms with Crippen molar-refractivity contribution in [2.24, 2.45) is 5.92 Å². The highest BCUT2D eigenvalue weighted by atomic mass is 32.2. The smallest absolute Gasteiger partial charge is 0.223 e. The van der Waals surface area contributed by atoms with E-state index in [1.165, 1.54) is 4.31 Å². The summed E-state index contributed by atoms with van der Waals surface area (Å²) in [6.07, 6.45) is 2.77. The molecule has 1 aromatic rings. The standard InChI is InChI=1S/C17H24N2O3S/c1-3-9-18-17(20)16-7-10-19(11-8-16)23(21,22)13-15-6-4-5-14(2)12-15/h3-6,12,16H,1,7-11,13H2,2H3,(H,18,20). The zero-order valence-electron chi connectivity index (χ0n) is 13.5. The van der Waals surface area contributed by atoms with E-state index in [1.54, 1.807) is 6.08 Å². The highest BCUT2D eigenvalue weighted by Crippen LogP contribution is 2.22. The molecule has 1 amide bonds. The van der Waals surface area contributed by atoms with E-state index in [0.717, 1.165) is 11.1 Å². The third kappa shape index (κ3) is 4.91. The number of rotatable bonds is 6. The molecule has 0 radical (unpaired) electrons. The Balaban J connectivity index is 1.93. The van der Waals surface area contributed by atoms with Gasteiger partial charge in [0.25, 0.3) is 0 Å². The molecule has 0 atom stereocenters. The van der Waals surface area contributed by atoms with Gasteiger partial charge in [-0.25, -0.2) is 12.7 Å². The molecule has 1 N–H and O–H groups in total. The summed E-state index contributed by atoms with van der Waals surface area (Å²) in [6.45, 7) is 6.77. The van der Waals surface area contributed by atoms with Crippen LogP contribution in [0.1, 0.15) is 24.0 Å². The van der Waals surface area contributed by atoms with Crippen molar-refractivity contribution in [2.75, 3.05) is 19.6 Å². The van der Waals surface area contributed by atoms with E-state index in [4.69, 9.17) is 0 Å². The van der Waals surface area contributed by atoms with Gasteiger partial charge in [0, 0.05) is 25.6 Å². The Kier molecular flexibility index (Phi) is 5.96. The third-order valence-corrected chi connectivity index (χ3v) is 5.92. The lowest BCUT2D eigenvalue weighted by molar-refractivity contribution is -0.125. The molecule has 0 bridgehead atoms. The van der Waals surface area contributed by atoms with Crippen molar-refractivity contribution in [1.29, 1.82) is 0 Å². The Hall–Kier alpha value is -1.66. The minimum absolute atomic E-state index is 0.0133. The monoisotopic (exact) mass is 336 g/mol. The highest BCUT2D eigenvalue weighted by molar-refractivity contribution is 7.88. The van der Waals surface area contributed by atoms with Crippen LogP contribution in [0.2, 0.25) is 0 Å². The fourth-order valence-electron chi connectivity index (χ4n) is 2.82. The molecule has 6 heteroatoms. The van der Waals surface area contributed by atoms with Crippen molar-refractivity contribution in [3.8, 4) is 0 Å².